The summed E-state index contributed by atoms with van der Waals surface area (Å²) in [4.78, 5) is 14.4. The number of nitrogens with one attached hydrogen (secondary N) is 1. The van der Waals surface area contributed by atoms with Crippen LogP contribution in [0.2, 0.25) is 0 Å². The lowest BCUT2D eigenvalue weighted by Crippen LogP contribution is -2.36. The highest BCUT2D eigenvalue weighted by Gasteiger charge is 2.41. The van der Waals surface area contributed by atoms with Gasteiger partial charge in [0.25, 0.3) is 0 Å². The van der Waals surface area contributed by atoms with E-state index in [9.17, 15) is 18.0 Å². The van der Waals surface area contributed by atoms with E-state index < -0.39 is 12.1 Å². The van der Waals surface area contributed by atoms with E-state index in [4.69, 9.17) is 0 Å². The number of alkyl halides is 3. The SMILES string of the molecule is O=C(ONC1CCCCCC1)C(F)(F)F. The Labute approximate surface area is 85.9 Å². The first-order chi connectivity index (χ1) is 7.00. The van der Waals surface area contributed by atoms with Gasteiger partial charge < -0.3 is 4.84 Å². The Morgan fingerprint density at radius 2 is 1.67 bits per heavy atom. The van der Waals surface area contributed by atoms with Gasteiger partial charge in [-0.1, -0.05) is 25.7 Å². The monoisotopic (exact) mass is 225 g/mol. The van der Waals surface area contributed by atoms with Crippen molar-refractivity contribution in [2.24, 2.45) is 0 Å². The molecule has 1 fully saturated rings. The van der Waals surface area contributed by atoms with Crippen LogP contribution in [0.1, 0.15) is 38.5 Å². The Kier molecular flexibility index (Phi) is 4.38. The van der Waals surface area contributed by atoms with Crippen LogP contribution >= 0.6 is 0 Å². The smallest absolute Gasteiger partial charge is 0.363 e. The Bertz CT molecular complexity index is 210. The van der Waals surface area contributed by atoms with Gasteiger partial charge in [0.2, 0.25) is 0 Å². The third kappa shape index (κ3) is 4.51. The van der Waals surface area contributed by atoms with Crippen LogP contribution in [0.15, 0.2) is 0 Å². The van der Waals surface area contributed by atoms with E-state index in [-0.39, 0.29) is 6.04 Å². The van der Waals surface area contributed by atoms with Gasteiger partial charge in [-0.15, -0.1) is 5.48 Å². The summed E-state index contributed by atoms with van der Waals surface area (Å²) in [5.41, 5.74) is 2.20. The third-order valence-corrected chi connectivity index (χ3v) is 2.40. The van der Waals surface area contributed by atoms with Crippen molar-refractivity contribution in [3.05, 3.63) is 0 Å². The molecule has 1 rings (SSSR count). The molecule has 0 aromatic carbocycles. The summed E-state index contributed by atoms with van der Waals surface area (Å²) >= 11 is 0. The molecule has 1 N–H and O–H groups in total. The van der Waals surface area contributed by atoms with Crippen molar-refractivity contribution in [3.63, 3.8) is 0 Å². The second-order valence-electron chi connectivity index (χ2n) is 3.69. The lowest BCUT2D eigenvalue weighted by atomic mass is 10.1. The summed E-state index contributed by atoms with van der Waals surface area (Å²) in [5.74, 6) is -2.17. The van der Waals surface area contributed by atoms with Gasteiger partial charge in [-0.3, -0.25) is 0 Å². The molecular weight excluding hydrogens is 211 g/mol. The number of hydrogen-bond acceptors (Lipinski definition) is 3. The molecule has 6 heteroatoms. The molecule has 0 saturated heterocycles. The highest BCUT2D eigenvalue weighted by molar-refractivity contribution is 5.75. The molecule has 0 bridgehead atoms. The number of rotatable bonds is 2. The van der Waals surface area contributed by atoms with Crippen molar-refractivity contribution in [2.45, 2.75) is 50.7 Å². The van der Waals surface area contributed by atoms with E-state index in [0.717, 1.165) is 38.5 Å². The fourth-order valence-corrected chi connectivity index (χ4v) is 1.59. The second-order valence-corrected chi connectivity index (χ2v) is 3.69. The molecule has 0 aromatic heterocycles. The maximum atomic E-state index is 11.8. The van der Waals surface area contributed by atoms with Crippen LogP contribution in [0, 0.1) is 0 Å². The van der Waals surface area contributed by atoms with Gasteiger partial charge in [0.15, 0.2) is 0 Å². The molecule has 88 valence electrons. The van der Waals surface area contributed by atoms with Crippen LogP contribution in [-0.4, -0.2) is 18.2 Å². The zero-order valence-corrected chi connectivity index (χ0v) is 8.27. The summed E-state index contributed by atoms with van der Waals surface area (Å²) in [6.45, 7) is 0. The van der Waals surface area contributed by atoms with E-state index in [1.165, 1.54) is 0 Å². The average Bonchev–Trinajstić information content (AvgIpc) is 2.40. The van der Waals surface area contributed by atoms with Crippen LogP contribution < -0.4 is 5.48 Å². The minimum Gasteiger partial charge on any atom is -0.363 e. The molecule has 0 heterocycles. The number of halogens is 3. The lowest BCUT2D eigenvalue weighted by molar-refractivity contribution is -0.208. The van der Waals surface area contributed by atoms with E-state index >= 15 is 0 Å². The highest BCUT2D eigenvalue weighted by Crippen LogP contribution is 2.19. The summed E-state index contributed by atoms with van der Waals surface area (Å²) in [7, 11) is 0. The van der Waals surface area contributed by atoms with Gasteiger partial charge >= 0.3 is 12.1 Å². The second kappa shape index (κ2) is 5.34. The van der Waals surface area contributed by atoms with Crippen molar-refractivity contribution < 1.29 is 22.8 Å². The summed E-state index contributed by atoms with van der Waals surface area (Å²) in [6, 6.07) is -0.140. The number of carbonyl (C=O) groups excluding carboxylic acids is 1. The molecule has 1 aliphatic rings. The molecule has 1 aliphatic carbocycles. The van der Waals surface area contributed by atoms with Crippen molar-refractivity contribution in [1.29, 1.82) is 0 Å². The summed E-state index contributed by atoms with van der Waals surface area (Å²) in [5, 5.41) is 0. The Hall–Kier alpha value is -0.780. The largest absolute Gasteiger partial charge is 0.492 e. The van der Waals surface area contributed by atoms with Crippen molar-refractivity contribution in [1.82, 2.24) is 5.48 Å². The lowest BCUT2D eigenvalue weighted by Gasteiger charge is -2.15. The Morgan fingerprint density at radius 1 is 1.13 bits per heavy atom. The van der Waals surface area contributed by atoms with Crippen LogP contribution in [0.5, 0.6) is 0 Å². The third-order valence-electron chi connectivity index (χ3n) is 2.40. The number of hydrogen-bond donors (Lipinski definition) is 1. The molecule has 0 aromatic rings. The topological polar surface area (TPSA) is 38.3 Å². The van der Waals surface area contributed by atoms with Crippen molar-refractivity contribution in [3.8, 4) is 0 Å². The molecule has 1 saturated carbocycles. The maximum Gasteiger partial charge on any atom is 0.492 e. The van der Waals surface area contributed by atoms with Gasteiger partial charge in [0, 0.05) is 6.04 Å². The van der Waals surface area contributed by atoms with Gasteiger partial charge in [0.05, 0.1) is 0 Å². The first-order valence-electron chi connectivity index (χ1n) is 5.03. The van der Waals surface area contributed by atoms with Crippen molar-refractivity contribution >= 4 is 5.97 Å². The predicted octanol–water partition coefficient (Wildman–Crippen LogP) is 2.32. The molecule has 0 radical (unpaired) electrons. The molecule has 0 unspecified atom stereocenters. The predicted molar refractivity (Wildman–Crippen MR) is 46.8 cm³/mol. The standard InChI is InChI=1S/C9H14F3NO2/c10-9(11,12)8(14)15-13-7-5-3-1-2-4-6-7/h7,13H,1-6H2. The normalized spacial score (nSPS) is 19.7. The highest BCUT2D eigenvalue weighted by atomic mass is 19.4. The van der Waals surface area contributed by atoms with Gasteiger partial charge in [-0.05, 0) is 12.8 Å². The molecule has 0 atom stereocenters. The number of hydroxylamine groups is 1. The zero-order chi connectivity index (χ0) is 11.3. The van der Waals surface area contributed by atoms with E-state index in [0.29, 0.717) is 0 Å². The van der Waals surface area contributed by atoms with Gasteiger partial charge in [-0.2, -0.15) is 13.2 Å². The Balaban J connectivity index is 2.26. The van der Waals surface area contributed by atoms with E-state index in [1.807, 2.05) is 0 Å². The van der Waals surface area contributed by atoms with Crippen LogP contribution in [0.4, 0.5) is 13.2 Å². The molecule has 0 spiro atoms. The van der Waals surface area contributed by atoms with Crippen LogP contribution in [0.25, 0.3) is 0 Å². The average molecular weight is 225 g/mol. The van der Waals surface area contributed by atoms with E-state index in [1.54, 1.807) is 0 Å². The fourth-order valence-electron chi connectivity index (χ4n) is 1.59. The quantitative estimate of drug-likeness (QED) is 0.579. The Morgan fingerprint density at radius 3 is 2.13 bits per heavy atom. The van der Waals surface area contributed by atoms with Gasteiger partial charge in [0.1, 0.15) is 0 Å². The number of carbonyl (C=O) groups is 1. The molecule has 0 aliphatic heterocycles. The fraction of sp³-hybridized carbons (Fsp3) is 0.889. The van der Waals surface area contributed by atoms with Crippen molar-refractivity contribution in [2.75, 3.05) is 0 Å². The molecule has 15 heavy (non-hydrogen) atoms. The zero-order valence-electron chi connectivity index (χ0n) is 8.27. The van der Waals surface area contributed by atoms with Crippen LogP contribution in [0.3, 0.4) is 0 Å². The van der Waals surface area contributed by atoms with Crippen LogP contribution in [-0.2, 0) is 9.63 Å². The minimum atomic E-state index is -4.92. The molecular formula is C9H14F3NO2. The first-order valence-corrected chi connectivity index (χ1v) is 5.03. The summed E-state index contributed by atoms with van der Waals surface area (Å²) in [6.07, 6.45) is 0.688. The minimum absolute atomic E-state index is 0.140. The summed E-state index contributed by atoms with van der Waals surface area (Å²) < 4.78 is 35.3. The van der Waals surface area contributed by atoms with Gasteiger partial charge in [-0.25, -0.2) is 4.79 Å². The maximum absolute atomic E-state index is 11.8. The molecule has 0 amide bonds. The first kappa shape index (κ1) is 12.3. The molecule has 3 nitrogen and oxygen atoms in total. The van der Waals surface area contributed by atoms with E-state index in [2.05, 4.69) is 10.3 Å².